The fourth-order valence-corrected chi connectivity index (χ4v) is 3.35. The molecule has 116 valence electrons. The highest BCUT2D eigenvalue weighted by molar-refractivity contribution is 5.76. The number of piperazine rings is 1. The highest BCUT2D eigenvalue weighted by Crippen LogP contribution is 2.28. The van der Waals surface area contributed by atoms with E-state index in [1.165, 1.54) is 12.8 Å². The third-order valence-electron chi connectivity index (χ3n) is 4.73. The molecule has 1 aromatic rings. The lowest BCUT2D eigenvalue weighted by molar-refractivity contribution is -0.136. The Kier molecular flexibility index (Phi) is 4.29. The van der Waals surface area contributed by atoms with E-state index in [-0.39, 0.29) is 5.91 Å². The minimum absolute atomic E-state index is 0.286. The van der Waals surface area contributed by atoms with Crippen molar-refractivity contribution in [2.75, 3.05) is 19.6 Å². The maximum absolute atomic E-state index is 12.5. The molecule has 0 aromatic carbocycles. The molecule has 1 aromatic heterocycles. The van der Waals surface area contributed by atoms with Crippen LogP contribution in [0.4, 0.5) is 0 Å². The summed E-state index contributed by atoms with van der Waals surface area (Å²) in [4.78, 5) is 21.4. The maximum atomic E-state index is 12.5. The van der Waals surface area contributed by atoms with E-state index in [0.29, 0.717) is 12.5 Å². The molecule has 1 saturated carbocycles. The third kappa shape index (κ3) is 3.28. The number of amides is 1. The number of nitrogens with zero attached hydrogens (tertiary/aromatic N) is 4. The van der Waals surface area contributed by atoms with Crippen LogP contribution >= 0.6 is 0 Å². The summed E-state index contributed by atoms with van der Waals surface area (Å²) in [5.41, 5.74) is 0. The topological polar surface area (TPSA) is 41.4 Å². The van der Waals surface area contributed by atoms with Crippen LogP contribution in [0, 0.1) is 0 Å². The smallest absolute Gasteiger partial charge is 0.224 e. The highest BCUT2D eigenvalue weighted by Gasteiger charge is 2.35. The second kappa shape index (κ2) is 6.18. The van der Waals surface area contributed by atoms with Gasteiger partial charge in [0.1, 0.15) is 5.82 Å². The molecule has 5 nitrogen and oxygen atoms in total. The summed E-state index contributed by atoms with van der Waals surface area (Å²) >= 11 is 0. The van der Waals surface area contributed by atoms with E-state index in [1.54, 1.807) is 0 Å². The number of carbonyl (C=O) groups excluding carboxylic acids is 1. The standard InChI is InChI=1S/C16H26N4O/c1-3-15-17-7-9-18(15)8-6-16(21)20-11-10-19(12-13(20)2)14-4-5-14/h7,9,13-14H,3-6,8,10-12H2,1-2H3. The lowest BCUT2D eigenvalue weighted by Gasteiger charge is -2.40. The molecular formula is C16H26N4O. The Morgan fingerprint density at radius 2 is 2.19 bits per heavy atom. The van der Waals surface area contributed by atoms with Crippen molar-refractivity contribution in [3.63, 3.8) is 0 Å². The molecule has 3 rings (SSSR count). The Morgan fingerprint density at radius 1 is 1.38 bits per heavy atom. The van der Waals surface area contributed by atoms with Gasteiger partial charge in [0.15, 0.2) is 0 Å². The van der Waals surface area contributed by atoms with E-state index < -0.39 is 0 Å². The van der Waals surface area contributed by atoms with Gasteiger partial charge in [0.05, 0.1) is 0 Å². The van der Waals surface area contributed by atoms with E-state index in [4.69, 9.17) is 0 Å². The Morgan fingerprint density at radius 3 is 2.86 bits per heavy atom. The van der Waals surface area contributed by atoms with Crippen LogP contribution in [0.3, 0.4) is 0 Å². The van der Waals surface area contributed by atoms with Crippen LogP contribution in [0.5, 0.6) is 0 Å². The number of carbonyl (C=O) groups is 1. The zero-order valence-corrected chi connectivity index (χ0v) is 13.2. The van der Waals surface area contributed by atoms with Crippen molar-refractivity contribution < 1.29 is 4.79 Å². The van der Waals surface area contributed by atoms with E-state index >= 15 is 0 Å². The maximum Gasteiger partial charge on any atom is 0.224 e. The van der Waals surface area contributed by atoms with Crippen LogP contribution in [0.15, 0.2) is 12.4 Å². The molecule has 0 radical (unpaired) electrons. The van der Waals surface area contributed by atoms with Crippen molar-refractivity contribution in [2.45, 2.75) is 58.2 Å². The van der Waals surface area contributed by atoms with Crippen molar-refractivity contribution in [3.05, 3.63) is 18.2 Å². The monoisotopic (exact) mass is 290 g/mol. The molecule has 1 unspecified atom stereocenters. The molecule has 2 aliphatic rings. The van der Waals surface area contributed by atoms with Gasteiger partial charge in [-0.1, -0.05) is 6.92 Å². The highest BCUT2D eigenvalue weighted by atomic mass is 16.2. The zero-order chi connectivity index (χ0) is 14.8. The summed E-state index contributed by atoms with van der Waals surface area (Å²) in [5.74, 6) is 1.35. The molecule has 1 aliphatic carbocycles. The van der Waals surface area contributed by atoms with Gasteiger partial charge in [-0.3, -0.25) is 9.69 Å². The average Bonchev–Trinajstić information content (AvgIpc) is 3.23. The van der Waals surface area contributed by atoms with Gasteiger partial charge in [-0.15, -0.1) is 0 Å². The summed E-state index contributed by atoms with van der Waals surface area (Å²) in [5, 5.41) is 0. The molecule has 21 heavy (non-hydrogen) atoms. The first-order valence-electron chi connectivity index (χ1n) is 8.22. The fraction of sp³-hybridized carbons (Fsp3) is 0.750. The van der Waals surface area contributed by atoms with Crippen molar-refractivity contribution in [1.29, 1.82) is 0 Å². The number of aromatic nitrogens is 2. The second-order valence-corrected chi connectivity index (χ2v) is 6.30. The average molecular weight is 290 g/mol. The predicted octanol–water partition coefficient (Wildman–Crippen LogP) is 1.53. The molecule has 0 bridgehead atoms. The normalized spacial score (nSPS) is 23.5. The van der Waals surface area contributed by atoms with Crippen molar-refractivity contribution in [3.8, 4) is 0 Å². The molecular weight excluding hydrogens is 264 g/mol. The Labute approximate surface area is 126 Å². The Balaban J connectivity index is 1.51. The van der Waals surface area contributed by atoms with Gasteiger partial charge in [0, 0.05) is 63.5 Å². The van der Waals surface area contributed by atoms with E-state index in [0.717, 1.165) is 44.5 Å². The molecule has 1 amide bonds. The van der Waals surface area contributed by atoms with Gasteiger partial charge >= 0.3 is 0 Å². The van der Waals surface area contributed by atoms with Crippen LogP contribution < -0.4 is 0 Å². The van der Waals surface area contributed by atoms with Gasteiger partial charge in [-0.05, 0) is 19.8 Å². The molecule has 1 atom stereocenters. The Hall–Kier alpha value is -1.36. The third-order valence-corrected chi connectivity index (χ3v) is 4.73. The summed E-state index contributed by atoms with van der Waals surface area (Å²) < 4.78 is 2.10. The zero-order valence-electron chi connectivity index (χ0n) is 13.2. The van der Waals surface area contributed by atoms with Gasteiger partial charge in [0.2, 0.25) is 5.91 Å². The van der Waals surface area contributed by atoms with Crippen LogP contribution in [0.2, 0.25) is 0 Å². The summed E-state index contributed by atoms with van der Waals surface area (Å²) in [6, 6.07) is 1.16. The molecule has 1 saturated heterocycles. The van der Waals surface area contributed by atoms with E-state index in [2.05, 4.69) is 33.2 Å². The molecule has 2 heterocycles. The Bertz CT molecular complexity index is 494. The van der Waals surface area contributed by atoms with Crippen LogP contribution in [-0.4, -0.2) is 57.0 Å². The van der Waals surface area contributed by atoms with Gasteiger partial charge < -0.3 is 9.47 Å². The van der Waals surface area contributed by atoms with Gasteiger partial charge in [0.25, 0.3) is 0 Å². The number of hydrogen-bond donors (Lipinski definition) is 0. The minimum Gasteiger partial charge on any atom is -0.337 e. The summed E-state index contributed by atoms with van der Waals surface area (Å²) in [6.45, 7) is 8.01. The largest absolute Gasteiger partial charge is 0.337 e. The van der Waals surface area contributed by atoms with Crippen LogP contribution in [0.25, 0.3) is 0 Å². The van der Waals surface area contributed by atoms with Crippen molar-refractivity contribution in [1.82, 2.24) is 19.4 Å². The number of imidazole rings is 1. The van der Waals surface area contributed by atoms with Crippen molar-refractivity contribution in [2.24, 2.45) is 0 Å². The number of hydrogen-bond acceptors (Lipinski definition) is 3. The second-order valence-electron chi connectivity index (χ2n) is 6.30. The first-order chi connectivity index (χ1) is 10.2. The van der Waals surface area contributed by atoms with Crippen LogP contribution in [-0.2, 0) is 17.8 Å². The van der Waals surface area contributed by atoms with Crippen molar-refractivity contribution >= 4 is 5.91 Å². The van der Waals surface area contributed by atoms with E-state index in [9.17, 15) is 4.79 Å². The first-order valence-corrected chi connectivity index (χ1v) is 8.22. The molecule has 0 N–H and O–H groups in total. The van der Waals surface area contributed by atoms with E-state index in [1.807, 2.05) is 12.4 Å². The summed E-state index contributed by atoms with van der Waals surface area (Å²) in [6.07, 6.45) is 7.98. The SMILES string of the molecule is CCc1nccn1CCC(=O)N1CCN(C2CC2)CC1C. The molecule has 1 aliphatic heterocycles. The number of aryl methyl sites for hydroxylation is 2. The first kappa shape index (κ1) is 14.6. The number of rotatable bonds is 5. The lowest BCUT2D eigenvalue weighted by atomic mass is 10.1. The molecule has 0 spiro atoms. The molecule has 5 heteroatoms. The van der Waals surface area contributed by atoms with Crippen LogP contribution in [0.1, 0.15) is 38.9 Å². The molecule has 2 fully saturated rings. The predicted molar refractivity (Wildman–Crippen MR) is 82.0 cm³/mol. The lowest BCUT2D eigenvalue weighted by Crippen LogP contribution is -2.54. The van der Waals surface area contributed by atoms with Gasteiger partial charge in [-0.2, -0.15) is 0 Å². The quantitative estimate of drug-likeness (QED) is 0.826. The van der Waals surface area contributed by atoms with Gasteiger partial charge in [-0.25, -0.2) is 4.98 Å². The summed E-state index contributed by atoms with van der Waals surface area (Å²) in [7, 11) is 0. The fourth-order valence-electron chi connectivity index (χ4n) is 3.35. The minimum atomic E-state index is 0.286.